The number of aryl methyl sites for hydroxylation is 2. The number of amides is 1. The lowest BCUT2D eigenvalue weighted by atomic mass is 10.2. The van der Waals surface area contributed by atoms with Gasteiger partial charge in [-0.3, -0.25) is 9.59 Å². The number of anilines is 1. The van der Waals surface area contributed by atoms with Crippen molar-refractivity contribution in [2.75, 3.05) is 38.2 Å². The Morgan fingerprint density at radius 2 is 1.82 bits per heavy atom. The van der Waals surface area contributed by atoms with Gasteiger partial charge in [-0.1, -0.05) is 24.3 Å². The molecule has 0 spiro atoms. The molecule has 176 valence electrons. The highest BCUT2D eigenvalue weighted by Gasteiger charge is 2.22. The molecule has 0 aliphatic carbocycles. The second kappa shape index (κ2) is 9.21. The third-order valence-electron chi connectivity index (χ3n) is 6.69. The topological polar surface area (TPSA) is 72.6 Å². The van der Waals surface area contributed by atoms with E-state index in [-0.39, 0.29) is 11.5 Å². The Bertz CT molecular complexity index is 1400. The number of aromatic nitrogens is 3. The molecule has 0 atom stereocenters. The molecule has 2 aromatic heterocycles. The molecule has 1 saturated heterocycles. The van der Waals surface area contributed by atoms with Crippen LogP contribution in [0.2, 0.25) is 0 Å². The van der Waals surface area contributed by atoms with Crippen LogP contribution < -0.4 is 15.2 Å². The van der Waals surface area contributed by atoms with Crippen LogP contribution in [0.15, 0.2) is 59.5 Å². The number of carbonyl (C=O) groups is 1. The maximum absolute atomic E-state index is 12.9. The van der Waals surface area contributed by atoms with Gasteiger partial charge in [-0.25, -0.2) is 4.68 Å². The molecule has 0 radical (unpaired) electrons. The minimum atomic E-state index is -0.117. The molecule has 1 aliphatic rings. The number of methoxy groups -OCH3 is 1. The van der Waals surface area contributed by atoms with Crippen LogP contribution >= 0.6 is 0 Å². The summed E-state index contributed by atoms with van der Waals surface area (Å²) in [5.74, 6) is 1.01. The summed E-state index contributed by atoms with van der Waals surface area (Å²) in [6, 6.07) is 16.0. The van der Waals surface area contributed by atoms with Gasteiger partial charge in [-0.2, -0.15) is 5.10 Å². The van der Waals surface area contributed by atoms with E-state index in [0.29, 0.717) is 38.0 Å². The van der Waals surface area contributed by atoms with Crippen molar-refractivity contribution in [1.82, 2.24) is 19.2 Å². The number of ether oxygens (including phenoxy) is 1. The van der Waals surface area contributed by atoms with Crippen LogP contribution in [0.25, 0.3) is 21.8 Å². The van der Waals surface area contributed by atoms with E-state index < -0.39 is 0 Å². The second-order valence-electron chi connectivity index (χ2n) is 8.68. The summed E-state index contributed by atoms with van der Waals surface area (Å²) in [5.41, 5.74) is 2.66. The summed E-state index contributed by atoms with van der Waals surface area (Å²) in [6.45, 7) is 3.62. The molecule has 2 aromatic carbocycles. The van der Waals surface area contributed by atoms with Crippen LogP contribution in [0.5, 0.6) is 5.75 Å². The summed E-state index contributed by atoms with van der Waals surface area (Å²) in [4.78, 5) is 30.0. The SMILES string of the molecule is COc1cccc(N2CCN(C(=O)CCCn3c4ccccc4c4cnn(C)c(=O)c43)CC2)c1. The van der Waals surface area contributed by atoms with Crippen molar-refractivity contribution < 1.29 is 9.53 Å². The maximum atomic E-state index is 12.9. The number of carbonyl (C=O) groups excluding carboxylic acids is 1. The molecular formula is C26H29N5O3. The Labute approximate surface area is 197 Å². The zero-order valence-electron chi connectivity index (χ0n) is 19.6. The van der Waals surface area contributed by atoms with Crippen LogP contribution in [0.4, 0.5) is 5.69 Å². The number of nitrogens with zero attached hydrogens (tertiary/aromatic N) is 5. The van der Waals surface area contributed by atoms with Crippen molar-refractivity contribution in [1.29, 1.82) is 0 Å². The molecular weight excluding hydrogens is 430 g/mol. The van der Waals surface area contributed by atoms with Crippen LogP contribution in [-0.4, -0.2) is 58.4 Å². The Morgan fingerprint density at radius 3 is 2.62 bits per heavy atom. The first-order valence-electron chi connectivity index (χ1n) is 11.7. The predicted octanol–water partition coefficient (Wildman–Crippen LogP) is 3.03. The number of benzene rings is 2. The van der Waals surface area contributed by atoms with Gasteiger partial charge in [0, 0.05) is 74.2 Å². The van der Waals surface area contributed by atoms with Gasteiger partial charge >= 0.3 is 0 Å². The molecule has 8 nitrogen and oxygen atoms in total. The van der Waals surface area contributed by atoms with Gasteiger partial charge in [0.1, 0.15) is 11.3 Å². The smallest absolute Gasteiger partial charge is 0.291 e. The highest BCUT2D eigenvalue weighted by atomic mass is 16.5. The Balaban J connectivity index is 1.24. The van der Waals surface area contributed by atoms with Gasteiger partial charge < -0.3 is 19.1 Å². The summed E-state index contributed by atoms with van der Waals surface area (Å²) in [6.07, 6.45) is 2.88. The van der Waals surface area contributed by atoms with E-state index in [2.05, 4.69) is 16.1 Å². The second-order valence-corrected chi connectivity index (χ2v) is 8.68. The van der Waals surface area contributed by atoms with E-state index in [9.17, 15) is 9.59 Å². The van der Waals surface area contributed by atoms with E-state index in [1.54, 1.807) is 20.4 Å². The van der Waals surface area contributed by atoms with Gasteiger partial charge in [0.25, 0.3) is 5.56 Å². The molecule has 0 saturated carbocycles. The fourth-order valence-corrected chi connectivity index (χ4v) is 4.84. The Morgan fingerprint density at radius 1 is 1.03 bits per heavy atom. The molecule has 4 aromatic rings. The van der Waals surface area contributed by atoms with Crippen LogP contribution in [0.3, 0.4) is 0 Å². The highest BCUT2D eigenvalue weighted by molar-refractivity contribution is 6.07. The fourth-order valence-electron chi connectivity index (χ4n) is 4.84. The summed E-state index contributed by atoms with van der Waals surface area (Å²) in [5, 5.41) is 6.07. The Kier molecular flexibility index (Phi) is 5.96. The molecule has 0 N–H and O–H groups in total. The average Bonchev–Trinajstić information content (AvgIpc) is 3.20. The first-order chi connectivity index (χ1) is 16.6. The monoisotopic (exact) mass is 459 g/mol. The molecule has 0 unspecified atom stereocenters. The molecule has 0 bridgehead atoms. The van der Waals surface area contributed by atoms with Crippen molar-refractivity contribution in [2.24, 2.45) is 7.05 Å². The van der Waals surface area contributed by atoms with Crippen molar-refractivity contribution in [2.45, 2.75) is 19.4 Å². The molecule has 1 fully saturated rings. The number of para-hydroxylation sites is 1. The predicted molar refractivity (Wildman–Crippen MR) is 134 cm³/mol. The van der Waals surface area contributed by atoms with E-state index in [1.165, 1.54) is 4.68 Å². The highest BCUT2D eigenvalue weighted by Crippen LogP contribution is 2.27. The van der Waals surface area contributed by atoms with Crippen LogP contribution in [-0.2, 0) is 18.4 Å². The van der Waals surface area contributed by atoms with Gasteiger partial charge in [-0.05, 0) is 24.6 Å². The van der Waals surface area contributed by atoms with Crippen molar-refractivity contribution in [3.05, 3.63) is 65.1 Å². The first-order valence-corrected chi connectivity index (χ1v) is 11.7. The third-order valence-corrected chi connectivity index (χ3v) is 6.69. The lowest BCUT2D eigenvalue weighted by Gasteiger charge is -2.36. The van der Waals surface area contributed by atoms with E-state index in [0.717, 1.165) is 40.8 Å². The number of hydrogen-bond acceptors (Lipinski definition) is 5. The minimum absolute atomic E-state index is 0.117. The average molecular weight is 460 g/mol. The molecule has 1 aliphatic heterocycles. The zero-order chi connectivity index (χ0) is 23.7. The number of rotatable bonds is 6. The van der Waals surface area contributed by atoms with Crippen LogP contribution in [0, 0.1) is 0 Å². The van der Waals surface area contributed by atoms with Gasteiger partial charge in [0.15, 0.2) is 0 Å². The van der Waals surface area contributed by atoms with E-state index in [4.69, 9.17) is 4.74 Å². The Hall–Kier alpha value is -3.81. The molecule has 5 rings (SSSR count). The maximum Gasteiger partial charge on any atom is 0.291 e. The van der Waals surface area contributed by atoms with Crippen molar-refractivity contribution >= 4 is 33.4 Å². The largest absolute Gasteiger partial charge is 0.497 e. The summed E-state index contributed by atoms with van der Waals surface area (Å²) < 4.78 is 8.74. The number of fused-ring (bicyclic) bond motifs is 3. The van der Waals surface area contributed by atoms with E-state index in [1.807, 2.05) is 51.9 Å². The van der Waals surface area contributed by atoms with Crippen LogP contribution in [0.1, 0.15) is 12.8 Å². The van der Waals surface area contributed by atoms with Gasteiger partial charge in [0.2, 0.25) is 5.91 Å². The van der Waals surface area contributed by atoms with Gasteiger partial charge in [0.05, 0.1) is 13.3 Å². The standard InChI is InChI=1S/C26H29N5O3/c1-28-26(33)25-22(18-27-28)21-9-3-4-10-23(21)31(25)12-6-11-24(32)30-15-13-29(14-16-30)19-7-5-8-20(17-19)34-2/h3-5,7-10,17-18H,6,11-16H2,1-2H3. The van der Waals surface area contributed by atoms with Gasteiger partial charge in [-0.15, -0.1) is 0 Å². The zero-order valence-corrected chi connectivity index (χ0v) is 19.6. The normalized spacial score (nSPS) is 14.2. The number of piperazine rings is 1. The van der Waals surface area contributed by atoms with Crippen molar-refractivity contribution in [3.8, 4) is 5.75 Å². The quantitative estimate of drug-likeness (QED) is 0.443. The fraction of sp³-hybridized carbons (Fsp3) is 0.346. The third kappa shape index (κ3) is 4.00. The molecule has 1 amide bonds. The molecule has 34 heavy (non-hydrogen) atoms. The lowest BCUT2D eigenvalue weighted by molar-refractivity contribution is -0.131. The molecule has 8 heteroatoms. The minimum Gasteiger partial charge on any atom is -0.497 e. The lowest BCUT2D eigenvalue weighted by Crippen LogP contribution is -2.48. The van der Waals surface area contributed by atoms with E-state index >= 15 is 0 Å². The summed E-state index contributed by atoms with van der Waals surface area (Å²) >= 11 is 0. The first kappa shape index (κ1) is 22.0. The van der Waals surface area contributed by atoms with Crippen molar-refractivity contribution in [3.63, 3.8) is 0 Å². The molecule has 3 heterocycles. The summed E-state index contributed by atoms with van der Waals surface area (Å²) in [7, 11) is 3.34. The number of hydrogen-bond donors (Lipinski definition) is 0.